The number of hydrogen-bond donors (Lipinski definition) is 1. The average Bonchev–Trinajstić information content (AvgIpc) is 2.80. The van der Waals surface area contributed by atoms with Crippen LogP contribution in [0.3, 0.4) is 0 Å². The largest absolute Gasteiger partial charge is 0.348 e. The molecule has 1 N–H and O–H groups in total. The summed E-state index contributed by atoms with van der Waals surface area (Å²) in [6, 6.07) is 16.0. The van der Waals surface area contributed by atoms with E-state index in [2.05, 4.69) is 17.4 Å². The number of aryl methyl sites for hydroxylation is 1. The Morgan fingerprint density at radius 3 is 2.00 bits per heavy atom. The first-order chi connectivity index (χ1) is 16.6. The molecule has 1 atom stereocenters. The zero-order valence-electron chi connectivity index (χ0n) is 21.2. The molecule has 4 aliphatic carbocycles. The van der Waals surface area contributed by atoms with Crippen molar-refractivity contribution in [3.63, 3.8) is 0 Å². The van der Waals surface area contributed by atoms with E-state index in [9.17, 15) is 13.2 Å². The predicted octanol–water partition coefficient (Wildman–Crippen LogP) is 5.50. The minimum Gasteiger partial charge on any atom is -0.348 e. The van der Waals surface area contributed by atoms with Gasteiger partial charge in [0.15, 0.2) is 0 Å². The molecule has 0 aliphatic heterocycles. The maximum Gasteiger partial charge on any atom is 0.241 e. The normalized spacial score (nSPS) is 28.0. The highest BCUT2D eigenvalue weighted by molar-refractivity contribution is 7.92. The van der Waals surface area contributed by atoms with Crippen LogP contribution in [0, 0.1) is 24.7 Å². The number of anilines is 1. The van der Waals surface area contributed by atoms with Gasteiger partial charge in [0.2, 0.25) is 15.9 Å². The molecule has 6 rings (SSSR count). The summed E-state index contributed by atoms with van der Waals surface area (Å²) in [6.45, 7) is 3.82. The number of carbonyl (C=O) groups is 1. The smallest absolute Gasteiger partial charge is 0.241 e. The third kappa shape index (κ3) is 5.00. The summed E-state index contributed by atoms with van der Waals surface area (Å²) in [5, 5.41) is 3.03. The molecule has 4 aliphatic rings. The van der Waals surface area contributed by atoms with Crippen molar-refractivity contribution in [2.24, 2.45) is 17.8 Å². The molecular formula is C29H38N2O3S. The van der Waals surface area contributed by atoms with Crippen molar-refractivity contribution in [3.05, 3.63) is 65.2 Å². The summed E-state index contributed by atoms with van der Waals surface area (Å²) in [6.07, 6.45) is 9.91. The lowest BCUT2D eigenvalue weighted by atomic mass is 9.48. The lowest BCUT2D eigenvalue weighted by Gasteiger charge is -2.57. The van der Waals surface area contributed by atoms with Crippen LogP contribution in [0.15, 0.2) is 48.5 Å². The molecule has 1 unspecified atom stereocenters. The van der Waals surface area contributed by atoms with Crippen LogP contribution in [0.2, 0.25) is 0 Å². The van der Waals surface area contributed by atoms with Gasteiger partial charge in [0, 0.05) is 0 Å². The number of sulfonamides is 1. The number of benzene rings is 2. The zero-order valence-corrected chi connectivity index (χ0v) is 22.0. The van der Waals surface area contributed by atoms with Crippen LogP contribution in [0.1, 0.15) is 74.6 Å². The summed E-state index contributed by atoms with van der Waals surface area (Å²) in [5.74, 6) is 2.28. The first-order valence-corrected chi connectivity index (χ1v) is 14.9. The fourth-order valence-corrected chi connectivity index (χ4v) is 8.29. The molecular weight excluding hydrogens is 456 g/mol. The van der Waals surface area contributed by atoms with Gasteiger partial charge in [-0.1, -0.05) is 48.9 Å². The van der Waals surface area contributed by atoms with E-state index in [1.807, 2.05) is 50.2 Å². The fraction of sp³-hybridized carbons (Fsp3) is 0.552. The second kappa shape index (κ2) is 9.27. The Balaban J connectivity index is 1.32. The second-order valence-electron chi connectivity index (χ2n) is 11.5. The minimum atomic E-state index is -3.61. The van der Waals surface area contributed by atoms with Gasteiger partial charge < -0.3 is 5.32 Å². The maximum absolute atomic E-state index is 13.0. The van der Waals surface area contributed by atoms with Gasteiger partial charge in [-0.05, 0) is 98.3 Å². The average molecular weight is 495 g/mol. The van der Waals surface area contributed by atoms with Gasteiger partial charge in [0.25, 0.3) is 0 Å². The molecule has 4 bridgehead atoms. The van der Waals surface area contributed by atoms with Crippen LogP contribution in [-0.2, 0) is 20.2 Å². The highest BCUT2D eigenvalue weighted by atomic mass is 32.2. The first kappa shape index (κ1) is 24.4. The first-order valence-electron chi connectivity index (χ1n) is 13.1. The Morgan fingerprint density at radius 1 is 0.971 bits per heavy atom. The summed E-state index contributed by atoms with van der Waals surface area (Å²) < 4.78 is 26.6. The Kier molecular flexibility index (Phi) is 6.45. The molecule has 6 heteroatoms. The predicted molar refractivity (Wildman–Crippen MR) is 141 cm³/mol. The molecule has 0 saturated heterocycles. The van der Waals surface area contributed by atoms with Crippen LogP contribution < -0.4 is 9.62 Å². The minimum absolute atomic E-state index is 0.150. The standard InChI is InChI=1S/C29H38N2O3S/c1-4-27(24-7-5-20(2)6-8-24)30-28(32)19-31(35(3,33)34)26-11-9-25(10-12-26)29-16-21-13-22(17-29)15-23(14-21)18-29/h5-12,21-23,27H,4,13-19H2,1-3H3,(H,30,32). The summed E-state index contributed by atoms with van der Waals surface area (Å²) in [7, 11) is -3.61. The Bertz CT molecular complexity index is 1140. The van der Waals surface area contributed by atoms with Crippen LogP contribution >= 0.6 is 0 Å². The number of carbonyl (C=O) groups excluding carboxylic acids is 1. The molecule has 4 fully saturated rings. The molecule has 2 aromatic carbocycles. The lowest BCUT2D eigenvalue weighted by molar-refractivity contribution is -0.120. The summed E-state index contributed by atoms with van der Waals surface area (Å²) in [5.41, 5.74) is 4.36. The zero-order chi connectivity index (χ0) is 24.8. The van der Waals surface area contributed by atoms with E-state index in [1.165, 1.54) is 54.6 Å². The monoisotopic (exact) mass is 494 g/mol. The number of nitrogens with one attached hydrogen (secondary N) is 1. The Hall–Kier alpha value is -2.34. The van der Waals surface area contributed by atoms with Gasteiger partial charge in [-0.2, -0.15) is 0 Å². The van der Waals surface area contributed by atoms with E-state index in [0.717, 1.165) is 35.3 Å². The number of hydrogen-bond acceptors (Lipinski definition) is 3. The highest BCUT2D eigenvalue weighted by Crippen LogP contribution is 2.60. The van der Waals surface area contributed by atoms with Crippen molar-refractivity contribution in [1.29, 1.82) is 0 Å². The Morgan fingerprint density at radius 2 is 1.51 bits per heavy atom. The van der Waals surface area contributed by atoms with Crippen molar-refractivity contribution in [3.8, 4) is 0 Å². The van der Waals surface area contributed by atoms with Crippen molar-refractivity contribution < 1.29 is 13.2 Å². The molecule has 0 spiro atoms. The second-order valence-corrected chi connectivity index (χ2v) is 13.4. The van der Waals surface area contributed by atoms with E-state index < -0.39 is 10.0 Å². The summed E-state index contributed by atoms with van der Waals surface area (Å²) >= 11 is 0. The van der Waals surface area contributed by atoms with E-state index in [-0.39, 0.29) is 23.9 Å². The molecule has 0 aromatic heterocycles. The number of amides is 1. The fourth-order valence-electron chi connectivity index (χ4n) is 7.44. The van der Waals surface area contributed by atoms with Crippen LogP contribution in [0.25, 0.3) is 0 Å². The van der Waals surface area contributed by atoms with E-state index in [1.54, 1.807) is 0 Å². The van der Waals surface area contributed by atoms with Crippen molar-refractivity contribution in [2.75, 3.05) is 17.1 Å². The van der Waals surface area contributed by atoms with Gasteiger partial charge >= 0.3 is 0 Å². The summed E-state index contributed by atoms with van der Waals surface area (Å²) in [4.78, 5) is 13.0. The molecule has 5 nitrogen and oxygen atoms in total. The van der Waals surface area contributed by atoms with E-state index in [0.29, 0.717) is 5.69 Å². The van der Waals surface area contributed by atoms with Gasteiger partial charge in [0.1, 0.15) is 6.54 Å². The van der Waals surface area contributed by atoms with Gasteiger partial charge in [-0.15, -0.1) is 0 Å². The third-order valence-corrected chi connectivity index (χ3v) is 9.86. The third-order valence-electron chi connectivity index (χ3n) is 8.72. The number of nitrogens with zero attached hydrogens (tertiary/aromatic N) is 1. The maximum atomic E-state index is 13.0. The van der Waals surface area contributed by atoms with Crippen molar-refractivity contribution >= 4 is 21.6 Å². The van der Waals surface area contributed by atoms with E-state index in [4.69, 9.17) is 0 Å². The van der Waals surface area contributed by atoms with Crippen LogP contribution in [0.5, 0.6) is 0 Å². The van der Waals surface area contributed by atoms with Crippen molar-refractivity contribution in [1.82, 2.24) is 5.32 Å². The lowest BCUT2D eigenvalue weighted by Crippen LogP contribution is -2.48. The molecule has 1 amide bonds. The molecule has 4 saturated carbocycles. The Labute approximate surface area is 210 Å². The molecule has 0 heterocycles. The molecule has 35 heavy (non-hydrogen) atoms. The van der Waals surface area contributed by atoms with Gasteiger partial charge in [0.05, 0.1) is 18.0 Å². The van der Waals surface area contributed by atoms with E-state index >= 15 is 0 Å². The topological polar surface area (TPSA) is 66.5 Å². The molecule has 188 valence electrons. The van der Waals surface area contributed by atoms with Crippen molar-refractivity contribution in [2.45, 2.75) is 70.3 Å². The molecule has 0 radical (unpaired) electrons. The SMILES string of the molecule is CCC(NC(=O)CN(c1ccc(C23CC4CC(CC(C4)C2)C3)cc1)S(C)(=O)=O)c1ccc(C)cc1. The van der Waals surface area contributed by atoms with Crippen LogP contribution in [-0.4, -0.2) is 27.1 Å². The van der Waals surface area contributed by atoms with Gasteiger partial charge in [-0.25, -0.2) is 8.42 Å². The quantitative estimate of drug-likeness (QED) is 0.527. The highest BCUT2D eigenvalue weighted by Gasteiger charge is 2.51. The number of rotatable bonds is 8. The van der Waals surface area contributed by atoms with Crippen LogP contribution in [0.4, 0.5) is 5.69 Å². The van der Waals surface area contributed by atoms with Gasteiger partial charge in [-0.3, -0.25) is 9.10 Å². The molecule has 2 aromatic rings.